The van der Waals surface area contributed by atoms with Crippen molar-refractivity contribution in [2.24, 2.45) is 0 Å². The quantitative estimate of drug-likeness (QED) is 0.795. The fourth-order valence-corrected chi connectivity index (χ4v) is 1.42. The zero-order valence-corrected chi connectivity index (χ0v) is 9.21. The van der Waals surface area contributed by atoms with Crippen molar-refractivity contribution >= 4 is 11.7 Å². The van der Waals surface area contributed by atoms with Crippen LogP contribution < -0.4 is 5.73 Å². The normalized spacial score (nSPS) is 9.88. The Bertz CT molecular complexity index is 604. The van der Waals surface area contributed by atoms with Crippen LogP contribution in [0, 0.1) is 18.3 Å². The summed E-state index contributed by atoms with van der Waals surface area (Å²) in [7, 11) is 0. The van der Waals surface area contributed by atoms with E-state index in [1.807, 2.05) is 25.1 Å². The molecule has 0 aliphatic heterocycles. The van der Waals surface area contributed by atoms with Crippen LogP contribution in [0.15, 0.2) is 30.5 Å². The molecule has 0 bridgehead atoms. The summed E-state index contributed by atoms with van der Waals surface area (Å²) in [6.45, 7) is 1.93. The number of nitrogens with zero attached hydrogens (tertiary/aromatic N) is 3. The van der Waals surface area contributed by atoms with Crippen LogP contribution in [-0.4, -0.2) is 15.7 Å². The smallest absolute Gasteiger partial charge is 0.280 e. The molecule has 0 amide bonds. The molecule has 0 saturated carbocycles. The van der Waals surface area contributed by atoms with E-state index >= 15 is 0 Å². The fourth-order valence-electron chi connectivity index (χ4n) is 1.42. The highest BCUT2D eigenvalue weighted by atomic mass is 16.2. The lowest BCUT2D eigenvalue weighted by molar-refractivity contribution is 0.0948. The van der Waals surface area contributed by atoms with E-state index in [0.717, 1.165) is 10.2 Å². The van der Waals surface area contributed by atoms with Gasteiger partial charge in [0.05, 0.1) is 6.20 Å². The first-order chi connectivity index (χ1) is 8.13. The molecule has 0 saturated heterocycles. The molecule has 1 aromatic carbocycles. The van der Waals surface area contributed by atoms with Crippen molar-refractivity contribution in [2.45, 2.75) is 6.92 Å². The molecule has 2 N–H and O–H groups in total. The molecular formula is C12H10N4O. The molecule has 1 heterocycles. The minimum absolute atomic E-state index is 0.0677. The van der Waals surface area contributed by atoms with Crippen molar-refractivity contribution < 1.29 is 4.79 Å². The zero-order chi connectivity index (χ0) is 12.4. The largest absolute Gasteiger partial charge is 0.382 e. The Morgan fingerprint density at radius 1 is 1.41 bits per heavy atom. The summed E-state index contributed by atoms with van der Waals surface area (Å²) in [6.07, 6.45) is 1.28. The summed E-state index contributed by atoms with van der Waals surface area (Å²) in [5.41, 5.74) is 7.38. The van der Waals surface area contributed by atoms with Crippen LogP contribution in [0.1, 0.15) is 21.5 Å². The molecule has 84 valence electrons. The Labute approximate surface area is 98.1 Å². The van der Waals surface area contributed by atoms with Crippen LogP contribution >= 0.6 is 0 Å². The van der Waals surface area contributed by atoms with Gasteiger partial charge in [-0.3, -0.25) is 4.79 Å². The highest BCUT2D eigenvalue weighted by Gasteiger charge is 2.15. The number of carbonyl (C=O) groups is 1. The second-order valence-corrected chi connectivity index (χ2v) is 3.64. The number of aromatic nitrogens is 2. The predicted molar refractivity (Wildman–Crippen MR) is 62.3 cm³/mol. The van der Waals surface area contributed by atoms with Gasteiger partial charge in [-0.25, -0.2) is 0 Å². The maximum absolute atomic E-state index is 12.0. The van der Waals surface area contributed by atoms with Gasteiger partial charge in [0.1, 0.15) is 17.5 Å². The van der Waals surface area contributed by atoms with Crippen molar-refractivity contribution in [1.29, 1.82) is 5.26 Å². The minimum atomic E-state index is -0.344. The lowest BCUT2D eigenvalue weighted by Crippen LogP contribution is -2.16. The lowest BCUT2D eigenvalue weighted by Gasteiger charge is -2.03. The SMILES string of the molecule is Cc1ccc(C(=O)n2ncc(C#N)c2N)cc1. The van der Waals surface area contributed by atoms with Crippen LogP contribution in [0.3, 0.4) is 0 Å². The van der Waals surface area contributed by atoms with E-state index in [1.165, 1.54) is 6.20 Å². The molecule has 5 heteroatoms. The topological polar surface area (TPSA) is 84.7 Å². The molecule has 2 rings (SSSR count). The van der Waals surface area contributed by atoms with Gasteiger partial charge in [0.15, 0.2) is 0 Å². The third kappa shape index (κ3) is 1.88. The second kappa shape index (κ2) is 4.10. The van der Waals surface area contributed by atoms with Crippen LogP contribution in [0.4, 0.5) is 5.82 Å². The summed E-state index contributed by atoms with van der Waals surface area (Å²) in [5, 5.41) is 12.5. The molecule has 0 atom stereocenters. The third-order valence-electron chi connectivity index (χ3n) is 2.42. The molecule has 0 aliphatic carbocycles. The number of rotatable bonds is 1. The summed E-state index contributed by atoms with van der Waals surface area (Å²) in [4.78, 5) is 12.0. The van der Waals surface area contributed by atoms with Crippen molar-refractivity contribution in [2.75, 3.05) is 5.73 Å². The van der Waals surface area contributed by atoms with Gasteiger partial charge < -0.3 is 5.73 Å². The van der Waals surface area contributed by atoms with E-state index < -0.39 is 0 Å². The molecule has 0 radical (unpaired) electrons. The molecule has 2 aromatic rings. The molecule has 17 heavy (non-hydrogen) atoms. The number of hydrogen-bond acceptors (Lipinski definition) is 4. The van der Waals surface area contributed by atoms with Gasteiger partial charge in [-0.1, -0.05) is 17.7 Å². The van der Waals surface area contributed by atoms with E-state index in [2.05, 4.69) is 5.10 Å². The lowest BCUT2D eigenvalue weighted by atomic mass is 10.1. The average Bonchev–Trinajstić information content (AvgIpc) is 2.70. The van der Waals surface area contributed by atoms with Crippen molar-refractivity contribution in [3.63, 3.8) is 0 Å². The van der Waals surface area contributed by atoms with Gasteiger partial charge in [0, 0.05) is 5.56 Å². The summed E-state index contributed by atoms with van der Waals surface area (Å²) in [5.74, 6) is -0.276. The zero-order valence-electron chi connectivity index (χ0n) is 9.21. The monoisotopic (exact) mass is 226 g/mol. The van der Waals surface area contributed by atoms with E-state index in [9.17, 15) is 4.79 Å². The van der Waals surface area contributed by atoms with Gasteiger partial charge in [-0.05, 0) is 19.1 Å². The number of anilines is 1. The highest BCUT2D eigenvalue weighted by molar-refractivity contribution is 5.97. The van der Waals surface area contributed by atoms with Gasteiger partial charge in [-0.2, -0.15) is 15.0 Å². The first kappa shape index (κ1) is 10.9. The predicted octanol–water partition coefficient (Wildman–Crippen LogP) is 1.33. The number of aryl methyl sites for hydroxylation is 1. The number of carbonyl (C=O) groups excluding carboxylic acids is 1. The van der Waals surface area contributed by atoms with E-state index in [4.69, 9.17) is 11.0 Å². The van der Waals surface area contributed by atoms with Crippen LogP contribution in [-0.2, 0) is 0 Å². The molecule has 0 spiro atoms. The Morgan fingerprint density at radius 3 is 2.59 bits per heavy atom. The molecule has 0 aliphatic rings. The van der Waals surface area contributed by atoms with Crippen LogP contribution in [0.2, 0.25) is 0 Å². The number of nitrogens with two attached hydrogens (primary N) is 1. The third-order valence-corrected chi connectivity index (χ3v) is 2.42. The van der Waals surface area contributed by atoms with Crippen molar-refractivity contribution in [1.82, 2.24) is 9.78 Å². The van der Waals surface area contributed by atoms with Gasteiger partial charge >= 0.3 is 0 Å². The van der Waals surface area contributed by atoms with E-state index in [0.29, 0.717) is 5.56 Å². The van der Waals surface area contributed by atoms with Gasteiger partial charge in [0.2, 0.25) is 0 Å². The number of hydrogen-bond donors (Lipinski definition) is 1. The maximum Gasteiger partial charge on any atom is 0.280 e. The van der Waals surface area contributed by atoms with E-state index in [1.54, 1.807) is 12.1 Å². The number of nitriles is 1. The van der Waals surface area contributed by atoms with Gasteiger partial charge in [-0.15, -0.1) is 0 Å². The molecule has 5 nitrogen and oxygen atoms in total. The average molecular weight is 226 g/mol. The second-order valence-electron chi connectivity index (χ2n) is 3.64. The van der Waals surface area contributed by atoms with Crippen LogP contribution in [0.25, 0.3) is 0 Å². The Hall–Kier alpha value is -2.61. The summed E-state index contributed by atoms with van der Waals surface area (Å²) in [6, 6.07) is 8.93. The molecule has 1 aromatic heterocycles. The highest BCUT2D eigenvalue weighted by Crippen LogP contribution is 2.12. The maximum atomic E-state index is 12.0. The summed E-state index contributed by atoms with van der Waals surface area (Å²) < 4.78 is 1.03. The first-order valence-electron chi connectivity index (χ1n) is 4.98. The van der Waals surface area contributed by atoms with Crippen LogP contribution in [0.5, 0.6) is 0 Å². The minimum Gasteiger partial charge on any atom is -0.382 e. The van der Waals surface area contributed by atoms with Gasteiger partial charge in [0.25, 0.3) is 5.91 Å². The Morgan fingerprint density at radius 2 is 2.06 bits per heavy atom. The summed E-state index contributed by atoms with van der Waals surface area (Å²) >= 11 is 0. The van der Waals surface area contributed by atoms with Crippen molar-refractivity contribution in [3.8, 4) is 6.07 Å². The number of benzene rings is 1. The Balaban J connectivity index is 2.41. The van der Waals surface area contributed by atoms with Crippen molar-refractivity contribution in [3.05, 3.63) is 47.2 Å². The molecular weight excluding hydrogens is 216 g/mol. The first-order valence-corrected chi connectivity index (χ1v) is 4.98. The molecule has 0 unspecified atom stereocenters. The standard InChI is InChI=1S/C12H10N4O/c1-8-2-4-9(5-3-8)12(17)16-11(14)10(6-13)7-15-16/h2-5,7H,14H2,1H3. The molecule has 0 fully saturated rings. The van der Waals surface area contributed by atoms with E-state index in [-0.39, 0.29) is 17.3 Å². The number of nitrogen functional groups attached to an aromatic ring is 1. The fraction of sp³-hybridized carbons (Fsp3) is 0.0833. The Kier molecular flexibility index (Phi) is 2.63.